The van der Waals surface area contributed by atoms with E-state index in [2.05, 4.69) is 50.2 Å². The van der Waals surface area contributed by atoms with Crippen molar-refractivity contribution in [3.63, 3.8) is 0 Å². The van der Waals surface area contributed by atoms with Gasteiger partial charge in [-0.3, -0.25) is 19.3 Å². The van der Waals surface area contributed by atoms with Crippen LogP contribution in [0.2, 0.25) is 0 Å². The van der Waals surface area contributed by atoms with Crippen LogP contribution >= 0.6 is 0 Å². The Labute approximate surface area is 313 Å². The number of piperazine rings is 1. The number of carbonyl (C=O) groups excluding carboxylic acids is 2. The Balaban J connectivity index is 1.06. The molecular formula is C41H44FN9O3. The molecule has 3 fully saturated rings. The summed E-state index contributed by atoms with van der Waals surface area (Å²) in [7, 11) is 1.51. The van der Waals surface area contributed by atoms with Gasteiger partial charge in [0.05, 0.1) is 37.3 Å². The van der Waals surface area contributed by atoms with Crippen LogP contribution in [0.5, 0.6) is 5.75 Å². The van der Waals surface area contributed by atoms with Crippen LogP contribution < -0.4 is 9.64 Å². The molecule has 2 amide bonds. The van der Waals surface area contributed by atoms with E-state index in [1.165, 1.54) is 32.2 Å². The molecule has 1 saturated heterocycles. The molecule has 0 radical (unpaired) electrons. The first-order valence-electron chi connectivity index (χ1n) is 19.1. The number of fused-ring (bicyclic) bond motifs is 1. The molecule has 0 unspecified atom stereocenters. The van der Waals surface area contributed by atoms with Crippen LogP contribution in [0.25, 0.3) is 27.6 Å². The minimum atomic E-state index is -0.451. The highest BCUT2D eigenvalue weighted by atomic mass is 19.1. The standard InChI is InChI=1S/C41H44FN9O3/c1-54-36-23-32(42)24-44-40(36)47-16-18-48(19-17-47)41(53)31-20-30-22-35(29-4-3-13-49(26-29)37(52)10-14-50-15-12-45-46-50)51(25-27-6-7-27)39(30)34(21-31)33-5-2-11-43-38(33)28-8-9-28/h2,4-5,11-12,15,20-24,27-28H,3,6-10,13-14,16-19,25-26H2,1H3. The van der Waals surface area contributed by atoms with Crippen LogP contribution in [0.3, 0.4) is 0 Å². The van der Waals surface area contributed by atoms with Gasteiger partial charge in [-0.1, -0.05) is 17.4 Å². The van der Waals surface area contributed by atoms with Crippen molar-refractivity contribution in [2.45, 2.75) is 57.5 Å². The van der Waals surface area contributed by atoms with Crippen molar-refractivity contribution < 1.29 is 18.7 Å². The van der Waals surface area contributed by atoms with E-state index in [1.807, 2.05) is 27.0 Å². The van der Waals surface area contributed by atoms with Crippen molar-refractivity contribution in [2.24, 2.45) is 5.92 Å². The summed E-state index contributed by atoms with van der Waals surface area (Å²) < 4.78 is 23.5. The maximum absolute atomic E-state index is 14.4. The Bertz CT molecular complexity index is 2230. The summed E-state index contributed by atoms with van der Waals surface area (Å²) in [6.45, 7) is 4.70. The molecule has 0 bridgehead atoms. The Hall–Kier alpha value is -5.59. The maximum atomic E-state index is 14.4. The number of hydrogen-bond acceptors (Lipinski definition) is 8. The molecule has 1 aromatic carbocycles. The molecule has 2 saturated carbocycles. The monoisotopic (exact) mass is 729 g/mol. The lowest BCUT2D eigenvalue weighted by atomic mass is 9.96. The molecular weight excluding hydrogens is 686 g/mol. The molecule has 12 nitrogen and oxygen atoms in total. The Morgan fingerprint density at radius 2 is 1.80 bits per heavy atom. The first-order chi connectivity index (χ1) is 26.4. The van der Waals surface area contributed by atoms with Crippen molar-refractivity contribution >= 4 is 34.1 Å². The fraction of sp³-hybridized carbons (Fsp3) is 0.415. The van der Waals surface area contributed by atoms with Crippen molar-refractivity contribution in [2.75, 3.05) is 51.3 Å². The van der Waals surface area contributed by atoms with Gasteiger partial charge in [0.1, 0.15) is 5.82 Å². The Morgan fingerprint density at radius 1 is 0.944 bits per heavy atom. The number of hydrogen-bond donors (Lipinski definition) is 0. The predicted molar refractivity (Wildman–Crippen MR) is 203 cm³/mol. The van der Waals surface area contributed by atoms with Crippen molar-refractivity contribution in [1.82, 2.24) is 39.3 Å². The molecule has 5 aromatic rings. The van der Waals surface area contributed by atoms with Crippen LogP contribution in [0.15, 0.2) is 67.3 Å². The number of nitrogens with zero attached hydrogens (tertiary/aromatic N) is 9. The molecule has 4 aliphatic rings. The minimum Gasteiger partial charge on any atom is -0.493 e. The summed E-state index contributed by atoms with van der Waals surface area (Å²) in [6.07, 6.45) is 14.5. The average Bonchev–Trinajstić information content (AvgIpc) is 4.14. The quantitative estimate of drug-likeness (QED) is 0.168. The van der Waals surface area contributed by atoms with Crippen LogP contribution in [0.4, 0.5) is 10.2 Å². The van der Waals surface area contributed by atoms with E-state index < -0.39 is 5.82 Å². The molecule has 2 aliphatic heterocycles. The molecule has 2 aliphatic carbocycles. The number of benzene rings is 1. The number of amides is 2. The number of aromatic nitrogens is 6. The molecule has 54 heavy (non-hydrogen) atoms. The molecule has 0 atom stereocenters. The lowest BCUT2D eigenvalue weighted by molar-refractivity contribution is -0.131. The van der Waals surface area contributed by atoms with Gasteiger partial charge < -0.3 is 24.0 Å². The maximum Gasteiger partial charge on any atom is 0.254 e. The van der Waals surface area contributed by atoms with Crippen LogP contribution in [0, 0.1) is 11.7 Å². The van der Waals surface area contributed by atoms with E-state index in [0.717, 1.165) is 64.8 Å². The number of anilines is 1. The van der Waals surface area contributed by atoms with Gasteiger partial charge >= 0.3 is 0 Å². The SMILES string of the molecule is COc1cc(F)cnc1N1CCN(C(=O)c2cc(-c3cccnc3C3CC3)c3c(c2)cc(C2=CCCN(C(=O)CCn4ccnn4)C2)n3CC2CC2)CC1. The smallest absolute Gasteiger partial charge is 0.254 e. The second-order valence-corrected chi connectivity index (χ2v) is 15.0. The Kier molecular flexibility index (Phi) is 9.08. The zero-order valence-corrected chi connectivity index (χ0v) is 30.5. The number of pyridine rings is 2. The van der Waals surface area contributed by atoms with E-state index in [-0.39, 0.29) is 11.8 Å². The van der Waals surface area contributed by atoms with Gasteiger partial charge in [0.25, 0.3) is 5.91 Å². The molecule has 6 heterocycles. The summed E-state index contributed by atoms with van der Waals surface area (Å²) in [5, 5.41) is 8.91. The first-order valence-corrected chi connectivity index (χ1v) is 19.1. The van der Waals surface area contributed by atoms with E-state index in [9.17, 15) is 14.0 Å². The number of aryl methyl sites for hydroxylation is 1. The van der Waals surface area contributed by atoms with Gasteiger partial charge in [-0.15, -0.1) is 5.10 Å². The van der Waals surface area contributed by atoms with E-state index in [4.69, 9.17) is 9.72 Å². The molecule has 9 rings (SSSR count). The van der Waals surface area contributed by atoms with Crippen molar-refractivity contribution in [3.8, 4) is 16.9 Å². The number of halogens is 1. The highest BCUT2D eigenvalue weighted by Crippen LogP contribution is 2.46. The van der Waals surface area contributed by atoms with Crippen LogP contribution in [-0.4, -0.2) is 97.5 Å². The predicted octanol–water partition coefficient (Wildman–Crippen LogP) is 5.79. The molecule has 13 heteroatoms. The fourth-order valence-corrected chi connectivity index (χ4v) is 8.05. The lowest BCUT2D eigenvalue weighted by Gasteiger charge is -2.36. The van der Waals surface area contributed by atoms with Crippen molar-refractivity contribution in [3.05, 3.63) is 90.0 Å². The summed E-state index contributed by atoms with van der Waals surface area (Å²) in [5.41, 5.74) is 7.24. The lowest BCUT2D eigenvalue weighted by Crippen LogP contribution is -2.49. The van der Waals surface area contributed by atoms with Crippen LogP contribution in [0.1, 0.15) is 66.2 Å². The highest BCUT2D eigenvalue weighted by molar-refractivity contribution is 6.05. The number of rotatable bonds is 11. The average molecular weight is 730 g/mol. The summed E-state index contributed by atoms with van der Waals surface area (Å²) in [5.74, 6) is 1.61. The zero-order chi connectivity index (χ0) is 36.8. The zero-order valence-electron chi connectivity index (χ0n) is 30.5. The first kappa shape index (κ1) is 34.2. The van der Waals surface area contributed by atoms with Gasteiger partial charge in [0.2, 0.25) is 5.91 Å². The summed E-state index contributed by atoms with van der Waals surface area (Å²) >= 11 is 0. The third kappa shape index (κ3) is 6.83. The normalized spacial score (nSPS) is 17.6. The summed E-state index contributed by atoms with van der Waals surface area (Å²) in [4.78, 5) is 43.0. The molecule has 0 spiro atoms. The van der Waals surface area contributed by atoms with Crippen LogP contribution in [-0.2, 0) is 17.9 Å². The van der Waals surface area contributed by atoms with Gasteiger partial charge in [0, 0.05) is 104 Å². The fourth-order valence-electron chi connectivity index (χ4n) is 8.05. The number of carbonyl (C=O) groups is 2. The van der Waals surface area contributed by atoms with Gasteiger partial charge in [0.15, 0.2) is 11.6 Å². The highest BCUT2D eigenvalue weighted by Gasteiger charge is 2.32. The third-order valence-corrected chi connectivity index (χ3v) is 11.2. The largest absolute Gasteiger partial charge is 0.493 e. The molecule has 0 N–H and O–H groups in total. The van der Waals surface area contributed by atoms with Gasteiger partial charge in [-0.25, -0.2) is 9.37 Å². The Morgan fingerprint density at radius 3 is 2.56 bits per heavy atom. The third-order valence-electron chi connectivity index (χ3n) is 11.2. The van der Waals surface area contributed by atoms with Crippen molar-refractivity contribution in [1.29, 1.82) is 0 Å². The van der Waals surface area contributed by atoms with E-state index >= 15 is 0 Å². The summed E-state index contributed by atoms with van der Waals surface area (Å²) in [6, 6.07) is 11.9. The second kappa shape index (κ2) is 14.3. The van der Waals surface area contributed by atoms with E-state index in [1.54, 1.807) is 17.1 Å². The molecule has 4 aromatic heterocycles. The number of ether oxygens (including phenoxy) is 1. The van der Waals surface area contributed by atoms with E-state index in [0.29, 0.717) is 81.2 Å². The van der Waals surface area contributed by atoms with Gasteiger partial charge in [-0.2, -0.15) is 0 Å². The molecule has 278 valence electrons. The van der Waals surface area contributed by atoms with Gasteiger partial charge in [-0.05, 0) is 67.9 Å². The minimum absolute atomic E-state index is 0.0220. The number of methoxy groups -OCH3 is 1. The second-order valence-electron chi connectivity index (χ2n) is 15.0. The topological polar surface area (TPSA) is 115 Å².